The monoisotopic (exact) mass is 281 g/mol. The number of aromatic nitrogens is 2. The van der Waals surface area contributed by atoms with E-state index in [1.54, 1.807) is 18.2 Å². The number of benzene rings is 2. The van der Waals surface area contributed by atoms with E-state index in [9.17, 15) is 5.11 Å². The lowest BCUT2D eigenvalue weighted by Gasteiger charge is -2.11. The topological polar surface area (TPSA) is 71.2 Å². The molecule has 1 atom stereocenters. The van der Waals surface area contributed by atoms with Crippen molar-refractivity contribution >= 4 is 0 Å². The van der Waals surface area contributed by atoms with Gasteiger partial charge in [0.2, 0.25) is 11.8 Å². The first-order chi connectivity index (χ1) is 10.3. The smallest absolute Gasteiger partial charge is 0.247 e. The van der Waals surface area contributed by atoms with Gasteiger partial charge < -0.3 is 14.8 Å². The quantitative estimate of drug-likeness (QED) is 0.769. The third kappa shape index (κ3) is 2.78. The molecule has 0 saturated carbocycles. The molecule has 0 spiro atoms. The zero-order chi connectivity index (χ0) is 14.7. The molecule has 0 aliphatic heterocycles. The summed E-state index contributed by atoms with van der Waals surface area (Å²) in [5.74, 6) is 1.04. The van der Waals surface area contributed by atoms with Crippen LogP contribution in [-0.2, 0) is 0 Å². The van der Waals surface area contributed by atoms with Gasteiger partial charge in [0.25, 0.3) is 0 Å². The summed E-state index contributed by atoms with van der Waals surface area (Å²) in [4.78, 5) is 0. The Hall–Kier alpha value is -2.66. The second-order valence-corrected chi connectivity index (χ2v) is 4.63. The molecule has 0 aliphatic rings. The Morgan fingerprint density at radius 3 is 2.57 bits per heavy atom. The number of hydrogen-bond donors (Lipinski definition) is 2. The molecule has 5 heteroatoms. The van der Waals surface area contributed by atoms with E-state index in [1.807, 2.05) is 43.4 Å². The van der Waals surface area contributed by atoms with Crippen LogP contribution in [0.3, 0.4) is 0 Å². The molecule has 3 aromatic rings. The van der Waals surface area contributed by atoms with Crippen LogP contribution in [0, 0.1) is 0 Å². The first kappa shape index (κ1) is 13.3. The van der Waals surface area contributed by atoms with Gasteiger partial charge in [0.15, 0.2) is 0 Å². The Morgan fingerprint density at radius 2 is 1.86 bits per heavy atom. The van der Waals surface area contributed by atoms with Gasteiger partial charge in [0.1, 0.15) is 11.8 Å². The molecular weight excluding hydrogens is 266 g/mol. The molecule has 1 aromatic heterocycles. The summed E-state index contributed by atoms with van der Waals surface area (Å²) in [7, 11) is 1.84. The fourth-order valence-electron chi connectivity index (χ4n) is 2.19. The Bertz CT molecular complexity index is 725. The molecule has 21 heavy (non-hydrogen) atoms. The fraction of sp³-hybridized carbons (Fsp3) is 0.125. The molecule has 1 heterocycles. The highest BCUT2D eigenvalue weighted by atomic mass is 16.4. The molecule has 0 aliphatic carbocycles. The van der Waals surface area contributed by atoms with E-state index in [0.29, 0.717) is 17.3 Å². The van der Waals surface area contributed by atoms with Gasteiger partial charge in [-0.15, -0.1) is 10.2 Å². The number of hydrogen-bond acceptors (Lipinski definition) is 5. The van der Waals surface area contributed by atoms with Gasteiger partial charge >= 0.3 is 0 Å². The van der Waals surface area contributed by atoms with Crippen molar-refractivity contribution in [3.63, 3.8) is 0 Å². The standard InChI is InChI=1S/C16H15N3O2/c1-17-14(11-6-3-2-4-7-11)16-19-18-15(21-16)12-8-5-9-13(20)10-12/h2-10,14,17,20H,1H3. The van der Waals surface area contributed by atoms with Gasteiger partial charge in [-0.05, 0) is 30.8 Å². The molecule has 2 aromatic carbocycles. The van der Waals surface area contributed by atoms with E-state index in [0.717, 1.165) is 5.56 Å². The highest BCUT2D eigenvalue weighted by Gasteiger charge is 2.19. The number of aromatic hydroxyl groups is 1. The van der Waals surface area contributed by atoms with E-state index in [4.69, 9.17) is 4.42 Å². The first-order valence-corrected chi connectivity index (χ1v) is 6.63. The Morgan fingerprint density at radius 1 is 1.05 bits per heavy atom. The van der Waals surface area contributed by atoms with Gasteiger partial charge in [-0.3, -0.25) is 0 Å². The highest BCUT2D eigenvalue weighted by molar-refractivity contribution is 5.55. The largest absolute Gasteiger partial charge is 0.508 e. The van der Waals surface area contributed by atoms with Crippen molar-refractivity contribution in [3.8, 4) is 17.2 Å². The second kappa shape index (κ2) is 5.76. The molecule has 3 rings (SSSR count). The maximum Gasteiger partial charge on any atom is 0.247 e. The normalized spacial score (nSPS) is 12.2. The molecule has 2 N–H and O–H groups in total. The summed E-state index contributed by atoms with van der Waals surface area (Å²) in [5.41, 5.74) is 1.74. The van der Waals surface area contributed by atoms with E-state index in [1.165, 1.54) is 0 Å². The maximum absolute atomic E-state index is 9.51. The number of phenolic OH excluding ortho intramolecular Hbond substituents is 1. The van der Waals surface area contributed by atoms with Crippen LogP contribution >= 0.6 is 0 Å². The summed E-state index contributed by atoms with van der Waals surface area (Å²) in [6, 6.07) is 16.5. The van der Waals surface area contributed by atoms with Crippen LogP contribution in [-0.4, -0.2) is 22.4 Å². The van der Waals surface area contributed by atoms with Crippen LogP contribution in [0.25, 0.3) is 11.5 Å². The van der Waals surface area contributed by atoms with Crippen molar-refractivity contribution in [3.05, 3.63) is 66.1 Å². The van der Waals surface area contributed by atoms with E-state index < -0.39 is 0 Å². The third-order valence-electron chi connectivity index (χ3n) is 3.20. The van der Waals surface area contributed by atoms with Crippen LogP contribution < -0.4 is 5.32 Å². The predicted octanol–water partition coefficient (Wildman–Crippen LogP) is 2.75. The summed E-state index contributed by atoms with van der Waals surface area (Å²) in [6.07, 6.45) is 0. The van der Waals surface area contributed by atoms with Crippen LogP contribution in [0.2, 0.25) is 0 Å². The van der Waals surface area contributed by atoms with Crippen LogP contribution in [0.4, 0.5) is 0 Å². The molecule has 0 amide bonds. The van der Waals surface area contributed by atoms with Gasteiger partial charge in [-0.25, -0.2) is 0 Å². The third-order valence-corrected chi connectivity index (χ3v) is 3.20. The maximum atomic E-state index is 9.51. The highest BCUT2D eigenvalue weighted by Crippen LogP contribution is 2.26. The number of nitrogens with zero attached hydrogens (tertiary/aromatic N) is 2. The van der Waals surface area contributed by atoms with Gasteiger partial charge in [0.05, 0.1) is 0 Å². The van der Waals surface area contributed by atoms with Crippen LogP contribution in [0.15, 0.2) is 59.0 Å². The Balaban J connectivity index is 1.94. The fourth-order valence-corrected chi connectivity index (χ4v) is 2.19. The number of phenols is 1. The van der Waals surface area contributed by atoms with Gasteiger partial charge in [0, 0.05) is 5.56 Å². The lowest BCUT2D eigenvalue weighted by Crippen LogP contribution is -2.17. The molecule has 0 saturated heterocycles. The Kier molecular flexibility index (Phi) is 3.66. The lowest BCUT2D eigenvalue weighted by atomic mass is 10.1. The molecule has 5 nitrogen and oxygen atoms in total. The molecule has 0 bridgehead atoms. The first-order valence-electron chi connectivity index (χ1n) is 6.63. The van der Waals surface area contributed by atoms with Crippen molar-refractivity contribution in [1.29, 1.82) is 0 Å². The minimum absolute atomic E-state index is 0.162. The van der Waals surface area contributed by atoms with Gasteiger partial charge in [-0.1, -0.05) is 36.4 Å². The second-order valence-electron chi connectivity index (χ2n) is 4.63. The van der Waals surface area contributed by atoms with Crippen molar-refractivity contribution < 1.29 is 9.52 Å². The predicted molar refractivity (Wildman–Crippen MR) is 78.7 cm³/mol. The van der Waals surface area contributed by atoms with Gasteiger partial charge in [-0.2, -0.15) is 0 Å². The summed E-state index contributed by atoms with van der Waals surface area (Å²) >= 11 is 0. The molecule has 0 fully saturated rings. The average Bonchev–Trinajstić information content (AvgIpc) is 2.99. The minimum Gasteiger partial charge on any atom is -0.508 e. The minimum atomic E-state index is -0.162. The zero-order valence-electron chi connectivity index (χ0n) is 11.5. The lowest BCUT2D eigenvalue weighted by molar-refractivity contribution is 0.454. The van der Waals surface area contributed by atoms with Crippen molar-refractivity contribution in [2.75, 3.05) is 7.05 Å². The van der Waals surface area contributed by atoms with Crippen molar-refractivity contribution in [2.24, 2.45) is 0 Å². The van der Waals surface area contributed by atoms with Crippen LogP contribution in [0.1, 0.15) is 17.5 Å². The summed E-state index contributed by atoms with van der Waals surface area (Å²) in [5, 5.41) is 20.8. The Labute approximate surface area is 122 Å². The van der Waals surface area contributed by atoms with Crippen LogP contribution in [0.5, 0.6) is 5.75 Å². The van der Waals surface area contributed by atoms with E-state index in [-0.39, 0.29) is 11.8 Å². The van der Waals surface area contributed by atoms with Crippen molar-refractivity contribution in [1.82, 2.24) is 15.5 Å². The SMILES string of the molecule is CNC(c1ccccc1)c1nnc(-c2cccc(O)c2)o1. The number of nitrogens with one attached hydrogen (secondary N) is 1. The molecule has 1 unspecified atom stereocenters. The molecular formula is C16H15N3O2. The number of rotatable bonds is 4. The van der Waals surface area contributed by atoms with Crippen molar-refractivity contribution in [2.45, 2.75) is 6.04 Å². The average molecular weight is 281 g/mol. The molecule has 106 valence electrons. The molecule has 0 radical (unpaired) electrons. The van der Waals surface area contributed by atoms with E-state index >= 15 is 0 Å². The van der Waals surface area contributed by atoms with E-state index in [2.05, 4.69) is 15.5 Å². The zero-order valence-corrected chi connectivity index (χ0v) is 11.5. The summed E-state index contributed by atoms with van der Waals surface area (Å²) in [6.45, 7) is 0. The summed E-state index contributed by atoms with van der Waals surface area (Å²) < 4.78 is 5.74.